The van der Waals surface area contributed by atoms with Crippen molar-refractivity contribution in [2.24, 2.45) is 0 Å². The van der Waals surface area contributed by atoms with Crippen LogP contribution < -0.4 is 10.7 Å². The van der Waals surface area contributed by atoms with Crippen molar-refractivity contribution in [3.63, 3.8) is 0 Å². The van der Waals surface area contributed by atoms with E-state index >= 15 is 0 Å². The predicted octanol–water partition coefficient (Wildman–Crippen LogP) is 0.614. The van der Waals surface area contributed by atoms with Crippen LogP contribution >= 0.6 is 0 Å². The molecule has 1 saturated carbocycles. The van der Waals surface area contributed by atoms with Crippen molar-refractivity contribution in [2.45, 2.75) is 51.5 Å². The predicted molar refractivity (Wildman–Crippen MR) is 77.1 cm³/mol. The third kappa shape index (κ3) is 3.18. The zero-order valence-electron chi connectivity index (χ0n) is 12.8. The average Bonchev–Trinajstić information content (AvgIpc) is 2.70. The van der Waals surface area contributed by atoms with Gasteiger partial charge in [0.25, 0.3) is 11.8 Å². The van der Waals surface area contributed by atoms with Gasteiger partial charge >= 0.3 is 6.03 Å². The molecule has 7 heteroatoms. The summed E-state index contributed by atoms with van der Waals surface area (Å²) in [4.78, 5) is 38.3. The fourth-order valence-corrected chi connectivity index (χ4v) is 3.03. The van der Waals surface area contributed by atoms with Gasteiger partial charge in [0.15, 0.2) is 0 Å². The first-order valence-electron chi connectivity index (χ1n) is 7.71. The van der Waals surface area contributed by atoms with Crippen LogP contribution in [0.2, 0.25) is 0 Å². The summed E-state index contributed by atoms with van der Waals surface area (Å²) in [5.41, 5.74) is 1.65. The summed E-state index contributed by atoms with van der Waals surface area (Å²) in [7, 11) is 0. The van der Waals surface area contributed by atoms with Crippen LogP contribution in [0.4, 0.5) is 4.79 Å². The highest BCUT2D eigenvalue weighted by Crippen LogP contribution is 2.32. The Balaban J connectivity index is 1.98. The minimum absolute atomic E-state index is 0.178. The maximum absolute atomic E-state index is 12.5. The number of urea groups is 1. The molecule has 2 aliphatic rings. The Morgan fingerprint density at radius 2 is 1.86 bits per heavy atom. The quantitative estimate of drug-likeness (QED) is 0.729. The SMILES string of the molecule is CCN(CC)CC(=O)NN1C(=O)NC2(CCCCC2)C1=O. The van der Waals surface area contributed by atoms with E-state index in [1.165, 1.54) is 0 Å². The highest BCUT2D eigenvalue weighted by atomic mass is 16.2. The summed E-state index contributed by atoms with van der Waals surface area (Å²) in [6, 6.07) is -0.519. The van der Waals surface area contributed by atoms with Gasteiger partial charge in [0.2, 0.25) is 0 Å². The molecule has 1 heterocycles. The molecule has 0 unspecified atom stereocenters. The van der Waals surface area contributed by atoms with Crippen LogP contribution in [-0.4, -0.2) is 52.9 Å². The van der Waals surface area contributed by atoms with Gasteiger partial charge in [0.1, 0.15) is 5.54 Å². The van der Waals surface area contributed by atoms with E-state index in [4.69, 9.17) is 0 Å². The van der Waals surface area contributed by atoms with Gasteiger partial charge in [-0.25, -0.2) is 4.79 Å². The molecule has 0 aromatic carbocycles. The van der Waals surface area contributed by atoms with Crippen molar-refractivity contribution in [1.29, 1.82) is 0 Å². The molecular weight excluding hydrogens is 272 g/mol. The standard InChI is InChI=1S/C14H24N4O3/c1-3-17(4-2)10-11(19)16-18-12(20)14(15-13(18)21)8-6-5-7-9-14/h3-10H2,1-2H3,(H,15,21)(H,16,19). The van der Waals surface area contributed by atoms with E-state index in [0.717, 1.165) is 37.4 Å². The van der Waals surface area contributed by atoms with Gasteiger partial charge in [-0.15, -0.1) is 0 Å². The van der Waals surface area contributed by atoms with Gasteiger partial charge in [-0.1, -0.05) is 33.1 Å². The van der Waals surface area contributed by atoms with Crippen molar-refractivity contribution in [1.82, 2.24) is 20.7 Å². The molecule has 2 N–H and O–H groups in total. The average molecular weight is 296 g/mol. The number of amides is 4. The lowest BCUT2D eigenvalue weighted by Gasteiger charge is -2.30. The Morgan fingerprint density at radius 3 is 2.43 bits per heavy atom. The number of likely N-dealkylation sites (N-methyl/N-ethyl adjacent to an activating group) is 1. The van der Waals surface area contributed by atoms with E-state index in [2.05, 4.69) is 10.7 Å². The van der Waals surface area contributed by atoms with Crippen molar-refractivity contribution in [3.05, 3.63) is 0 Å². The highest BCUT2D eigenvalue weighted by Gasteiger charge is 2.52. The Labute approximate surface area is 125 Å². The highest BCUT2D eigenvalue weighted by molar-refractivity contribution is 6.08. The normalized spacial score (nSPS) is 21.0. The van der Waals surface area contributed by atoms with E-state index < -0.39 is 11.6 Å². The molecular formula is C14H24N4O3. The molecule has 1 spiro atoms. The van der Waals surface area contributed by atoms with Gasteiger partial charge in [-0.2, -0.15) is 5.01 Å². The summed E-state index contributed by atoms with van der Waals surface area (Å²) < 4.78 is 0. The lowest BCUT2D eigenvalue weighted by molar-refractivity contribution is -0.140. The molecule has 7 nitrogen and oxygen atoms in total. The second-order valence-corrected chi connectivity index (χ2v) is 5.71. The van der Waals surface area contributed by atoms with Gasteiger partial charge in [-0.3, -0.25) is 19.9 Å². The molecule has 21 heavy (non-hydrogen) atoms. The maximum Gasteiger partial charge on any atom is 0.344 e. The Kier molecular flexibility index (Phi) is 4.82. The first-order valence-corrected chi connectivity index (χ1v) is 7.71. The van der Waals surface area contributed by atoms with Crippen LogP contribution in [0.15, 0.2) is 0 Å². The Bertz CT molecular complexity index is 428. The summed E-state index contributed by atoms with van der Waals surface area (Å²) in [5, 5.41) is 3.62. The first kappa shape index (κ1) is 15.8. The number of hydrazine groups is 1. The lowest BCUT2D eigenvalue weighted by atomic mass is 9.82. The molecule has 118 valence electrons. The lowest BCUT2D eigenvalue weighted by Crippen LogP contribution is -2.52. The number of imide groups is 1. The zero-order valence-corrected chi connectivity index (χ0v) is 12.8. The fraction of sp³-hybridized carbons (Fsp3) is 0.786. The molecule has 1 saturated heterocycles. The van der Waals surface area contributed by atoms with Crippen LogP contribution in [0.1, 0.15) is 46.0 Å². The van der Waals surface area contributed by atoms with E-state index in [-0.39, 0.29) is 18.4 Å². The summed E-state index contributed by atoms with van der Waals surface area (Å²) in [6.45, 7) is 5.59. The number of carbonyl (C=O) groups excluding carboxylic acids is 3. The van der Waals surface area contributed by atoms with Gasteiger partial charge < -0.3 is 5.32 Å². The van der Waals surface area contributed by atoms with Crippen LogP contribution in [0.3, 0.4) is 0 Å². The molecule has 0 atom stereocenters. The molecule has 1 aliphatic heterocycles. The smallest absolute Gasteiger partial charge is 0.322 e. The molecule has 2 rings (SSSR count). The third-order valence-electron chi connectivity index (χ3n) is 4.37. The largest absolute Gasteiger partial charge is 0.344 e. The van der Waals surface area contributed by atoms with Gasteiger partial charge in [0, 0.05) is 0 Å². The molecule has 4 amide bonds. The molecule has 0 aromatic rings. The number of carbonyl (C=O) groups is 3. The second kappa shape index (κ2) is 6.43. The number of rotatable bonds is 5. The Hall–Kier alpha value is -1.63. The topological polar surface area (TPSA) is 81.8 Å². The van der Waals surface area contributed by atoms with E-state index in [1.807, 2.05) is 18.7 Å². The number of hydrogen-bond acceptors (Lipinski definition) is 4. The first-order chi connectivity index (χ1) is 10.0. The van der Waals surface area contributed by atoms with E-state index in [1.54, 1.807) is 0 Å². The van der Waals surface area contributed by atoms with E-state index in [9.17, 15) is 14.4 Å². The molecule has 0 aromatic heterocycles. The number of nitrogens with zero attached hydrogens (tertiary/aromatic N) is 2. The molecule has 2 fully saturated rings. The second-order valence-electron chi connectivity index (χ2n) is 5.71. The van der Waals surface area contributed by atoms with Crippen LogP contribution in [0.5, 0.6) is 0 Å². The minimum Gasteiger partial charge on any atom is -0.322 e. The van der Waals surface area contributed by atoms with Crippen molar-refractivity contribution in [2.75, 3.05) is 19.6 Å². The van der Waals surface area contributed by atoms with Crippen molar-refractivity contribution < 1.29 is 14.4 Å². The Morgan fingerprint density at radius 1 is 1.24 bits per heavy atom. The van der Waals surface area contributed by atoms with Gasteiger partial charge in [-0.05, 0) is 25.9 Å². The molecule has 0 radical (unpaired) electrons. The van der Waals surface area contributed by atoms with Crippen LogP contribution in [-0.2, 0) is 9.59 Å². The number of nitrogens with one attached hydrogen (secondary N) is 2. The van der Waals surface area contributed by atoms with Crippen LogP contribution in [0, 0.1) is 0 Å². The summed E-state index contributed by atoms with van der Waals surface area (Å²) >= 11 is 0. The monoisotopic (exact) mass is 296 g/mol. The fourth-order valence-electron chi connectivity index (χ4n) is 3.03. The van der Waals surface area contributed by atoms with E-state index in [0.29, 0.717) is 12.8 Å². The van der Waals surface area contributed by atoms with Crippen molar-refractivity contribution in [3.8, 4) is 0 Å². The van der Waals surface area contributed by atoms with Crippen molar-refractivity contribution >= 4 is 17.8 Å². The summed E-state index contributed by atoms with van der Waals surface area (Å²) in [6.07, 6.45) is 4.24. The minimum atomic E-state index is -0.794. The zero-order chi connectivity index (χ0) is 15.5. The maximum atomic E-state index is 12.5. The third-order valence-corrected chi connectivity index (χ3v) is 4.37. The molecule has 0 bridgehead atoms. The molecule has 1 aliphatic carbocycles. The van der Waals surface area contributed by atoms with Gasteiger partial charge in [0.05, 0.1) is 6.54 Å². The summed E-state index contributed by atoms with van der Waals surface area (Å²) in [5.74, 6) is -0.657. The van der Waals surface area contributed by atoms with Crippen LogP contribution in [0.25, 0.3) is 0 Å². The number of hydrogen-bond donors (Lipinski definition) is 2.